The molecule has 0 amide bonds. The van der Waals surface area contributed by atoms with Crippen molar-refractivity contribution in [2.24, 2.45) is 5.92 Å². The van der Waals surface area contributed by atoms with Crippen molar-refractivity contribution in [1.82, 2.24) is 0 Å². The van der Waals surface area contributed by atoms with Crippen LogP contribution in [0, 0.1) is 5.92 Å². The molecule has 174 valence electrons. The Hall–Kier alpha value is -2.57. The van der Waals surface area contributed by atoms with Crippen molar-refractivity contribution < 1.29 is 23.3 Å². The largest absolute Gasteiger partial charge is 0.374 e. The van der Waals surface area contributed by atoms with Crippen LogP contribution in [0.25, 0.3) is 0 Å². The molecule has 5 atom stereocenters. The van der Waals surface area contributed by atoms with Gasteiger partial charge in [-0.2, -0.15) is 0 Å². The summed E-state index contributed by atoms with van der Waals surface area (Å²) >= 11 is 0. The second kappa shape index (κ2) is 12.1. The van der Waals surface area contributed by atoms with Gasteiger partial charge in [-0.25, -0.2) is 4.39 Å². The van der Waals surface area contributed by atoms with Crippen LogP contribution in [0.3, 0.4) is 0 Å². The molecule has 0 spiro atoms. The van der Waals surface area contributed by atoms with E-state index in [0.717, 1.165) is 16.7 Å². The maximum absolute atomic E-state index is 15.1. The zero-order chi connectivity index (χ0) is 22.9. The SMILES string of the molecule is C[C@@H]1C(OCc2ccccc2)[C@H](F)OC(COCc2ccccc2)[C@@H]1OCc1ccccc1. The molecule has 1 heterocycles. The van der Waals surface area contributed by atoms with Crippen molar-refractivity contribution in [1.29, 1.82) is 0 Å². The molecule has 0 saturated carbocycles. The third kappa shape index (κ3) is 6.71. The molecule has 3 aromatic rings. The second-order valence-corrected chi connectivity index (χ2v) is 8.41. The number of benzene rings is 3. The molecule has 0 bridgehead atoms. The van der Waals surface area contributed by atoms with Crippen molar-refractivity contribution in [3.05, 3.63) is 108 Å². The molecular weight excluding hydrogens is 419 g/mol. The summed E-state index contributed by atoms with van der Waals surface area (Å²) in [6.07, 6.45) is -3.17. The van der Waals surface area contributed by atoms with Crippen LogP contribution >= 0.6 is 0 Å². The van der Waals surface area contributed by atoms with E-state index >= 15 is 4.39 Å². The van der Waals surface area contributed by atoms with Gasteiger partial charge in [0.1, 0.15) is 12.2 Å². The van der Waals surface area contributed by atoms with E-state index in [4.69, 9.17) is 18.9 Å². The van der Waals surface area contributed by atoms with Gasteiger partial charge < -0.3 is 18.9 Å². The van der Waals surface area contributed by atoms with Crippen molar-refractivity contribution in [3.63, 3.8) is 0 Å². The predicted octanol–water partition coefficient (Wildman–Crippen LogP) is 5.70. The minimum absolute atomic E-state index is 0.216. The summed E-state index contributed by atoms with van der Waals surface area (Å²) in [4.78, 5) is 0. The lowest BCUT2D eigenvalue weighted by molar-refractivity contribution is -0.271. The number of alkyl halides is 1. The quantitative estimate of drug-likeness (QED) is 0.397. The van der Waals surface area contributed by atoms with Crippen LogP contribution in [0.1, 0.15) is 23.6 Å². The number of hydrogen-bond acceptors (Lipinski definition) is 4. The lowest BCUT2D eigenvalue weighted by atomic mass is 9.90. The fourth-order valence-electron chi connectivity index (χ4n) is 4.11. The summed E-state index contributed by atoms with van der Waals surface area (Å²) in [5.41, 5.74) is 3.11. The predicted molar refractivity (Wildman–Crippen MR) is 125 cm³/mol. The van der Waals surface area contributed by atoms with Gasteiger partial charge in [0, 0.05) is 5.92 Å². The molecule has 1 aliphatic rings. The number of rotatable bonds is 10. The standard InChI is InChI=1S/C28H31FO4/c1-21-26(31-18-23-13-7-3-8-14-23)25(20-30-17-22-11-5-2-6-12-22)33-28(29)27(21)32-19-24-15-9-4-10-16-24/h2-16,21,25-28H,17-20H2,1H3/t21-,25?,26+,27?,28+/m0/s1. The Labute approximate surface area is 195 Å². The van der Waals surface area contributed by atoms with Crippen molar-refractivity contribution >= 4 is 0 Å². The van der Waals surface area contributed by atoms with Gasteiger partial charge in [-0.05, 0) is 16.7 Å². The summed E-state index contributed by atoms with van der Waals surface area (Å²) in [6, 6.07) is 29.6. The molecule has 0 aliphatic carbocycles. The average molecular weight is 451 g/mol. The van der Waals surface area contributed by atoms with E-state index in [2.05, 4.69) is 0 Å². The first-order valence-electron chi connectivity index (χ1n) is 11.4. The van der Waals surface area contributed by atoms with Gasteiger partial charge >= 0.3 is 0 Å². The van der Waals surface area contributed by atoms with Crippen LogP contribution in [-0.4, -0.2) is 31.3 Å². The van der Waals surface area contributed by atoms with Crippen LogP contribution in [0.2, 0.25) is 0 Å². The molecule has 0 radical (unpaired) electrons. The fourth-order valence-corrected chi connectivity index (χ4v) is 4.11. The van der Waals surface area contributed by atoms with Crippen molar-refractivity contribution in [3.8, 4) is 0 Å². The Bertz CT molecular complexity index is 936. The minimum atomic E-state index is -1.55. The van der Waals surface area contributed by atoms with Gasteiger partial charge in [0.25, 0.3) is 0 Å². The second-order valence-electron chi connectivity index (χ2n) is 8.41. The normalized spacial score (nSPS) is 25.1. The molecule has 5 heteroatoms. The van der Waals surface area contributed by atoms with E-state index in [1.54, 1.807) is 0 Å². The molecule has 1 aliphatic heterocycles. The van der Waals surface area contributed by atoms with E-state index in [-0.39, 0.29) is 18.6 Å². The Morgan fingerprint density at radius 1 is 0.667 bits per heavy atom. The van der Waals surface area contributed by atoms with Crippen molar-refractivity contribution in [2.45, 2.75) is 51.4 Å². The smallest absolute Gasteiger partial charge is 0.226 e. The first kappa shape index (κ1) is 23.6. The summed E-state index contributed by atoms with van der Waals surface area (Å²) in [7, 11) is 0. The van der Waals surface area contributed by atoms with Gasteiger partial charge in [-0.15, -0.1) is 0 Å². The third-order valence-electron chi connectivity index (χ3n) is 5.93. The van der Waals surface area contributed by atoms with E-state index in [9.17, 15) is 0 Å². The summed E-state index contributed by atoms with van der Waals surface area (Å²) in [5, 5.41) is 0. The lowest BCUT2D eigenvalue weighted by Crippen LogP contribution is -2.55. The van der Waals surface area contributed by atoms with Gasteiger partial charge in [-0.1, -0.05) is 97.9 Å². The maximum Gasteiger partial charge on any atom is 0.226 e. The first-order chi connectivity index (χ1) is 16.2. The van der Waals surface area contributed by atoms with Gasteiger partial charge in [0.2, 0.25) is 6.36 Å². The Morgan fingerprint density at radius 2 is 1.12 bits per heavy atom. The molecular formula is C28H31FO4. The summed E-state index contributed by atoms with van der Waals surface area (Å²) in [5.74, 6) is -0.216. The lowest BCUT2D eigenvalue weighted by Gasteiger charge is -2.42. The average Bonchev–Trinajstić information content (AvgIpc) is 2.85. The molecule has 1 fully saturated rings. The highest BCUT2D eigenvalue weighted by Gasteiger charge is 2.45. The monoisotopic (exact) mass is 450 g/mol. The van der Waals surface area contributed by atoms with Crippen LogP contribution in [0.4, 0.5) is 4.39 Å². The van der Waals surface area contributed by atoms with Crippen molar-refractivity contribution in [2.75, 3.05) is 6.61 Å². The van der Waals surface area contributed by atoms with E-state index in [0.29, 0.717) is 19.8 Å². The highest BCUT2D eigenvalue weighted by atomic mass is 19.1. The Morgan fingerprint density at radius 3 is 1.64 bits per heavy atom. The third-order valence-corrected chi connectivity index (χ3v) is 5.93. The number of hydrogen-bond donors (Lipinski definition) is 0. The van der Waals surface area contributed by atoms with Gasteiger partial charge in [-0.3, -0.25) is 0 Å². The molecule has 3 aromatic carbocycles. The topological polar surface area (TPSA) is 36.9 Å². The van der Waals surface area contributed by atoms with Crippen LogP contribution in [0.5, 0.6) is 0 Å². The Kier molecular flexibility index (Phi) is 8.61. The summed E-state index contributed by atoms with van der Waals surface area (Å²) < 4.78 is 39.0. The maximum atomic E-state index is 15.1. The fraction of sp³-hybridized carbons (Fsp3) is 0.357. The zero-order valence-corrected chi connectivity index (χ0v) is 18.9. The van der Waals surface area contributed by atoms with Crippen LogP contribution in [0.15, 0.2) is 91.0 Å². The molecule has 33 heavy (non-hydrogen) atoms. The number of ether oxygens (including phenoxy) is 4. The molecule has 0 aromatic heterocycles. The van der Waals surface area contributed by atoms with Gasteiger partial charge in [0.05, 0.1) is 32.5 Å². The zero-order valence-electron chi connectivity index (χ0n) is 18.9. The molecule has 4 rings (SSSR count). The number of halogens is 1. The van der Waals surface area contributed by atoms with E-state index in [1.165, 1.54) is 0 Å². The van der Waals surface area contributed by atoms with E-state index < -0.39 is 18.6 Å². The van der Waals surface area contributed by atoms with Crippen LogP contribution in [-0.2, 0) is 38.8 Å². The molecule has 1 saturated heterocycles. The molecule has 4 nitrogen and oxygen atoms in total. The minimum Gasteiger partial charge on any atom is -0.374 e. The highest BCUT2D eigenvalue weighted by molar-refractivity contribution is 5.15. The first-order valence-corrected chi connectivity index (χ1v) is 11.4. The van der Waals surface area contributed by atoms with E-state index in [1.807, 2.05) is 97.9 Å². The summed E-state index contributed by atoms with van der Waals surface area (Å²) in [6.45, 7) is 3.37. The Balaban J connectivity index is 1.41. The molecule has 0 N–H and O–H groups in total. The molecule has 2 unspecified atom stereocenters. The van der Waals surface area contributed by atoms with Gasteiger partial charge in [0.15, 0.2) is 0 Å². The van der Waals surface area contributed by atoms with Crippen LogP contribution < -0.4 is 0 Å². The highest BCUT2D eigenvalue weighted by Crippen LogP contribution is 2.32.